The molecular formula is C12H11NO3. The molecule has 0 atom stereocenters. The van der Waals surface area contributed by atoms with Crippen molar-refractivity contribution < 1.29 is 9.72 Å². The number of fused-ring (bicyclic) bond motifs is 1. The molecule has 0 bridgehead atoms. The van der Waals surface area contributed by atoms with E-state index in [4.69, 9.17) is 0 Å². The van der Waals surface area contributed by atoms with Crippen LogP contribution in [-0.2, 0) is 0 Å². The van der Waals surface area contributed by atoms with Crippen LogP contribution in [0.5, 0.6) is 0 Å². The molecule has 0 radical (unpaired) electrons. The third kappa shape index (κ3) is 1.52. The number of Topliss-reactive ketones (excluding diaryl/α,β-unsaturated/α-hetero) is 1. The maximum absolute atomic E-state index is 12.0. The Labute approximate surface area is 92.7 Å². The lowest BCUT2D eigenvalue weighted by Crippen LogP contribution is -2.25. The minimum atomic E-state index is -0.581. The second-order valence-electron chi connectivity index (χ2n) is 4.41. The van der Waals surface area contributed by atoms with Crippen LogP contribution in [0.2, 0.25) is 0 Å². The third-order valence-electron chi connectivity index (χ3n) is 2.76. The number of carbonyl (C=O) groups is 1. The molecule has 1 aliphatic carbocycles. The first-order valence-corrected chi connectivity index (χ1v) is 4.94. The van der Waals surface area contributed by atoms with Crippen molar-refractivity contribution in [1.82, 2.24) is 0 Å². The van der Waals surface area contributed by atoms with E-state index in [1.54, 1.807) is 19.9 Å². The van der Waals surface area contributed by atoms with E-state index in [9.17, 15) is 14.9 Å². The van der Waals surface area contributed by atoms with Gasteiger partial charge in [-0.3, -0.25) is 14.9 Å². The summed E-state index contributed by atoms with van der Waals surface area (Å²) in [6.45, 7) is 3.60. The summed E-state index contributed by atoms with van der Waals surface area (Å²) in [6.07, 6.45) is 3.66. The molecule has 4 nitrogen and oxygen atoms in total. The van der Waals surface area contributed by atoms with Crippen LogP contribution in [-0.4, -0.2) is 10.7 Å². The maximum atomic E-state index is 12.0. The second-order valence-corrected chi connectivity index (χ2v) is 4.41. The van der Waals surface area contributed by atoms with E-state index in [0.717, 1.165) is 5.56 Å². The fourth-order valence-corrected chi connectivity index (χ4v) is 1.72. The van der Waals surface area contributed by atoms with Gasteiger partial charge in [0.2, 0.25) is 0 Å². The smallest absolute Gasteiger partial charge is 0.270 e. The highest BCUT2D eigenvalue weighted by Crippen LogP contribution is 2.33. The number of hydrogen-bond acceptors (Lipinski definition) is 3. The molecule has 0 spiro atoms. The van der Waals surface area contributed by atoms with Crippen LogP contribution < -0.4 is 0 Å². The number of nitro benzene ring substituents is 1. The van der Waals surface area contributed by atoms with Gasteiger partial charge in [-0.15, -0.1) is 0 Å². The molecule has 82 valence electrons. The standard InChI is InChI=1S/C12H11NO3/c1-12(2)6-5-8-3-4-9(13(15)16)7-10(8)11(12)14/h3-7H,1-2H3. The number of hydrogen-bond donors (Lipinski definition) is 0. The molecule has 1 aromatic carbocycles. The summed E-state index contributed by atoms with van der Waals surface area (Å²) in [4.78, 5) is 22.2. The van der Waals surface area contributed by atoms with Crippen LogP contribution >= 0.6 is 0 Å². The molecule has 1 aliphatic rings. The number of non-ortho nitro benzene ring substituents is 1. The fraction of sp³-hybridized carbons (Fsp3) is 0.250. The van der Waals surface area contributed by atoms with Crippen molar-refractivity contribution in [3.63, 3.8) is 0 Å². The third-order valence-corrected chi connectivity index (χ3v) is 2.76. The molecule has 16 heavy (non-hydrogen) atoms. The zero-order valence-electron chi connectivity index (χ0n) is 9.06. The van der Waals surface area contributed by atoms with E-state index in [0.29, 0.717) is 5.56 Å². The van der Waals surface area contributed by atoms with Gasteiger partial charge in [0.15, 0.2) is 5.78 Å². The van der Waals surface area contributed by atoms with Crippen molar-refractivity contribution in [3.8, 4) is 0 Å². The van der Waals surface area contributed by atoms with Gasteiger partial charge in [0, 0.05) is 23.1 Å². The van der Waals surface area contributed by atoms with Crippen molar-refractivity contribution >= 4 is 17.5 Å². The maximum Gasteiger partial charge on any atom is 0.270 e. The summed E-state index contributed by atoms with van der Waals surface area (Å²) in [5, 5.41) is 10.6. The molecule has 0 N–H and O–H groups in total. The lowest BCUT2D eigenvalue weighted by Gasteiger charge is -2.23. The van der Waals surface area contributed by atoms with Crippen LogP contribution in [0, 0.1) is 15.5 Å². The Kier molecular flexibility index (Phi) is 2.15. The summed E-state index contributed by atoms with van der Waals surface area (Å²) >= 11 is 0. The summed E-state index contributed by atoms with van der Waals surface area (Å²) < 4.78 is 0. The van der Waals surface area contributed by atoms with Gasteiger partial charge in [0.05, 0.1) is 4.92 Å². The SMILES string of the molecule is CC1(C)C=Cc2ccc([N+](=O)[O-])cc2C1=O. The van der Waals surface area contributed by atoms with Crippen LogP contribution in [0.15, 0.2) is 24.3 Å². The van der Waals surface area contributed by atoms with E-state index in [-0.39, 0.29) is 11.5 Å². The molecule has 0 amide bonds. The zero-order valence-corrected chi connectivity index (χ0v) is 9.06. The Bertz CT molecular complexity index is 515. The topological polar surface area (TPSA) is 60.2 Å². The number of rotatable bonds is 1. The van der Waals surface area contributed by atoms with Gasteiger partial charge in [0.25, 0.3) is 5.69 Å². The van der Waals surface area contributed by atoms with E-state index < -0.39 is 10.3 Å². The molecule has 0 fully saturated rings. The van der Waals surface area contributed by atoms with E-state index in [2.05, 4.69) is 0 Å². The zero-order chi connectivity index (χ0) is 11.9. The highest BCUT2D eigenvalue weighted by atomic mass is 16.6. The normalized spacial score (nSPS) is 17.0. The first-order valence-electron chi connectivity index (χ1n) is 4.94. The van der Waals surface area contributed by atoms with E-state index in [1.165, 1.54) is 12.1 Å². The Balaban J connectivity index is 2.60. The molecule has 0 aromatic heterocycles. The Morgan fingerprint density at radius 3 is 2.62 bits per heavy atom. The lowest BCUT2D eigenvalue weighted by molar-refractivity contribution is -0.384. The summed E-state index contributed by atoms with van der Waals surface area (Å²) in [7, 11) is 0. The number of nitro groups is 1. The van der Waals surface area contributed by atoms with E-state index >= 15 is 0 Å². The first kappa shape index (κ1) is 10.5. The number of nitrogens with zero attached hydrogens (tertiary/aromatic N) is 1. The molecule has 4 heteroatoms. The predicted molar refractivity (Wildman–Crippen MR) is 60.2 cm³/mol. The predicted octanol–water partition coefficient (Wildman–Crippen LogP) is 2.83. The Morgan fingerprint density at radius 1 is 1.31 bits per heavy atom. The second kappa shape index (κ2) is 3.27. The van der Waals surface area contributed by atoms with Gasteiger partial charge >= 0.3 is 0 Å². The quantitative estimate of drug-likeness (QED) is 0.536. The molecule has 0 saturated heterocycles. The molecule has 0 heterocycles. The van der Waals surface area contributed by atoms with Gasteiger partial charge in [-0.05, 0) is 25.5 Å². The Hall–Kier alpha value is -1.97. The van der Waals surface area contributed by atoms with E-state index in [1.807, 2.05) is 12.2 Å². The van der Waals surface area contributed by atoms with Crippen LogP contribution in [0.4, 0.5) is 5.69 Å². The monoisotopic (exact) mass is 217 g/mol. The van der Waals surface area contributed by atoms with Gasteiger partial charge in [-0.2, -0.15) is 0 Å². The number of carbonyl (C=O) groups excluding carboxylic acids is 1. The van der Waals surface area contributed by atoms with Gasteiger partial charge in [-0.1, -0.05) is 12.2 Å². The molecule has 2 rings (SSSR count). The lowest BCUT2D eigenvalue weighted by atomic mass is 9.78. The average Bonchev–Trinajstić information content (AvgIpc) is 2.23. The Morgan fingerprint density at radius 2 is 2.00 bits per heavy atom. The van der Waals surface area contributed by atoms with Crippen molar-refractivity contribution in [2.24, 2.45) is 5.41 Å². The highest BCUT2D eigenvalue weighted by Gasteiger charge is 2.31. The molecule has 0 saturated carbocycles. The first-order chi connectivity index (χ1) is 7.42. The van der Waals surface area contributed by atoms with Gasteiger partial charge in [0.1, 0.15) is 0 Å². The largest absolute Gasteiger partial charge is 0.293 e. The van der Waals surface area contributed by atoms with Gasteiger partial charge < -0.3 is 0 Å². The summed E-state index contributed by atoms with van der Waals surface area (Å²) in [5.41, 5.74) is 0.553. The van der Waals surface area contributed by atoms with Crippen molar-refractivity contribution in [3.05, 3.63) is 45.5 Å². The minimum Gasteiger partial charge on any atom is -0.293 e. The van der Waals surface area contributed by atoms with Crippen LogP contribution in [0.3, 0.4) is 0 Å². The molecule has 1 aromatic rings. The summed E-state index contributed by atoms with van der Waals surface area (Å²) in [5.74, 6) is -0.0753. The van der Waals surface area contributed by atoms with Crippen molar-refractivity contribution in [2.45, 2.75) is 13.8 Å². The van der Waals surface area contributed by atoms with Crippen LogP contribution in [0.1, 0.15) is 29.8 Å². The fourth-order valence-electron chi connectivity index (χ4n) is 1.72. The molecule has 0 unspecified atom stereocenters. The number of benzene rings is 1. The number of allylic oxidation sites excluding steroid dienone is 1. The number of ketones is 1. The van der Waals surface area contributed by atoms with Crippen molar-refractivity contribution in [1.29, 1.82) is 0 Å². The van der Waals surface area contributed by atoms with Gasteiger partial charge in [-0.25, -0.2) is 0 Å². The minimum absolute atomic E-state index is 0.0433. The molecular weight excluding hydrogens is 206 g/mol. The van der Waals surface area contributed by atoms with Crippen molar-refractivity contribution in [2.75, 3.05) is 0 Å². The molecule has 0 aliphatic heterocycles. The van der Waals surface area contributed by atoms with Crippen LogP contribution in [0.25, 0.3) is 6.08 Å². The highest BCUT2D eigenvalue weighted by molar-refractivity contribution is 6.07. The average molecular weight is 217 g/mol. The summed E-state index contributed by atoms with van der Waals surface area (Å²) in [6, 6.07) is 4.37.